The summed E-state index contributed by atoms with van der Waals surface area (Å²) in [5, 5.41) is 0. The summed E-state index contributed by atoms with van der Waals surface area (Å²) in [4.78, 5) is 3.87. The van der Waals surface area contributed by atoms with Gasteiger partial charge in [-0.15, -0.1) is 0 Å². The highest BCUT2D eigenvalue weighted by molar-refractivity contribution is 9.10. The Morgan fingerprint density at radius 2 is 2.14 bits per heavy atom. The van der Waals surface area contributed by atoms with E-state index in [0.29, 0.717) is 5.75 Å². The molecule has 0 aromatic carbocycles. The van der Waals surface area contributed by atoms with Gasteiger partial charge in [-0.3, -0.25) is 4.98 Å². The summed E-state index contributed by atoms with van der Waals surface area (Å²) in [5.74, 6) is -2.01. The van der Waals surface area contributed by atoms with Gasteiger partial charge >= 0.3 is 0 Å². The molecular formula is C9H8BrF2NO. The first-order valence-corrected chi connectivity index (χ1v) is 4.99. The molecule has 1 aromatic heterocycles. The Balaban J connectivity index is 1.93. The quantitative estimate of drug-likeness (QED) is 0.819. The molecule has 0 N–H and O–H groups in total. The average Bonchev–Trinajstić information content (AvgIpc) is 2.00. The molecule has 2 nitrogen and oxygen atoms in total. The van der Waals surface area contributed by atoms with Crippen molar-refractivity contribution < 1.29 is 13.5 Å². The molecule has 1 fully saturated rings. The van der Waals surface area contributed by atoms with Crippen molar-refractivity contribution in [3.63, 3.8) is 0 Å². The number of hydrogen-bond donors (Lipinski definition) is 0. The van der Waals surface area contributed by atoms with Gasteiger partial charge in [-0.25, -0.2) is 8.78 Å². The molecule has 0 aliphatic heterocycles. The van der Waals surface area contributed by atoms with Crippen molar-refractivity contribution in [2.24, 2.45) is 0 Å². The fraction of sp³-hybridized carbons (Fsp3) is 0.444. The molecule has 2 rings (SSSR count). The average molecular weight is 264 g/mol. The van der Waals surface area contributed by atoms with E-state index in [4.69, 9.17) is 4.74 Å². The maximum Gasteiger partial charge on any atom is 0.255 e. The SMILES string of the molecule is FC1(F)CC(Oc2cncc(Br)c2)C1. The number of ether oxygens (including phenoxy) is 1. The Bertz CT molecular complexity index is 337. The summed E-state index contributed by atoms with van der Waals surface area (Å²) in [6.07, 6.45) is 2.36. The van der Waals surface area contributed by atoms with Crippen LogP contribution >= 0.6 is 15.9 Å². The van der Waals surface area contributed by atoms with Gasteiger partial charge in [0.15, 0.2) is 0 Å². The largest absolute Gasteiger partial charge is 0.488 e. The third kappa shape index (κ3) is 2.20. The summed E-state index contributed by atoms with van der Waals surface area (Å²) in [6.45, 7) is 0. The van der Waals surface area contributed by atoms with E-state index in [1.54, 1.807) is 12.3 Å². The van der Waals surface area contributed by atoms with Crippen molar-refractivity contribution in [2.45, 2.75) is 24.9 Å². The number of aromatic nitrogens is 1. The number of halogens is 3. The minimum absolute atomic E-state index is 0.195. The lowest BCUT2D eigenvalue weighted by Crippen LogP contribution is -2.43. The van der Waals surface area contributed by atoms with Gasteiger partial charge in [0.2, 0.25) is 0 Å². The van der Waals surface area contributed by atoms with Gasteiger partial charge in [-0.2, -0.15) is 0 Å². The lowest BCUT2D eigenvalue weighted by atomic mass is 9.91. The second-order valence-electron chi connectivity index (χ2n) is 3.34. The molecule has 0 atom stereocenters. The first kappa shape index (κ1) is 9.83. The molecule has 0 bridgehead atoms. The van der Waals surface area contributed by atoms with Crippen LogP contribution in [0, 0.1) is 0 Å². The van der Waals surface area contributed by atoms with Gasteiger partial charge in [0.1, 0.15) is 11.9 Å². The zero-order valence-electron chi connectivity index (χ0n) is 7.21. The molecule has 1 aliphatic carbocycles. The van der Waals surface area contributed by atoms with E-state index in [2.05, 4.69) is 20.9 Å². The highest BCUT2D eigenvalue weighted by Gasteiger charge is 2.46. The van der Waals surface area contributed by atoms with Crippen molar-refractivity contribution in [3.8, 4) is 5.75 Å². The second-order valence-corrected chi connectivity index (χ2v) is 4.26. The molecule has 1 aliphatic rings. The summed E-state index contributed by atoms with van der Waals surface area (Å²) >= 11 is 3.22. The van der Waals surface area contributed by atoms with E-state index < -0.39 is 5.92 Å². The maximum atomic E-state index is 12.5. The van der Waals surface area contributed by atoms with Crippen LogP contribution in [0.15, 0.2) is 22.9 Å². The van der Waals surface area contributed by atoms with Crippen LogP contribution in [-0.4, -0.2) is 17.0 Å². The molecular weight excluding hydrogens is 256 g/mol. The summed E-state index contributed by atoms with van der Waals surface area (Å²) in [7, 11) is 0. The maximum absolute atomic E-state index is 12.5. The Morgan fingerprint density at radius 1 is 1.43 bits per heavy atom. The van der Waals surface area contributed by atoms with E-state index in [0.717, 1.165) is 4.47 Å². The first-order chi connectivity index (χ1) is 6.55. The lowest BCUT2D eigenvalue weighted by molar-refractivity contribution is -0.134. The van der Waals surface area contributed by atoms with Gasteiger partial charge in [0.05, 0.1) is 6.20 Å². The summed E-state index contributed by atoms with van der Waals surface area (Å²) in [6, 6.07) is 1.71. The Hall–Kier alpha value is -0.710. The smallest absolute Gasteiger partial charge is 0.255 e. The third-order valence-electron chi connectivity index (χ3n) is 2.04. The van der Waals surface area contributed by atoms with Crippen LogP contribution < -0.4 is 4.74 Å². The number of rotatable bonds is 2. The highest BCUT2D eigenvalue weighted by atomic mass is 79.9. The second kappa shape index (κ2) is 3.46. The van der Waals surface area contributed by atoms with Crippen molar-refractivity contribution in [1.82, 2.24) is 4.98 Å². The fourth-order valence-corrected chi connectivity index (χ4v) is 1.68. The lowest BCUT2D eigenvalue weighted by Gasteiger charge is -2.34. The van der Waals surface area contributed by atoms with E-state index in [-0.39, 0.29) is 18.9 Å². The predicted octanol–water partition coefficient (Wildman–Crippen LogP) is 3.02. The molecule has 1 heterocycles. The van der Waals surface area contributed by atoms with E-state index >= 15 is 0 Å². The summed E-state index contributed by atoms with van der Waals surface area (Å²) in [5.41, 5.74) is 0. The number of hydrogen-bond acceptors (Lipinski definition) is 2. The van der Waals surface area contributed by atoms with E-state index in [1.165, 1.54) is 6.20 Å². The van der Waals surface area contributed by atoms with Crippen LogP contribution in [0.25, 0.3) is 0 Å². The van der Waals surface area contributed by atoms with Crippen LogP contribution in [0.3, 0.4) is 0 Å². The Labute approximate surface area is 88.4 Å². The van der Waals surface area contributed by atoms with Crippen molar-refractivity contribution >= 4 is 15.9 Å². The van der Waals surface area contributed by atoms with Crippen molar-refractivity contribution in [1.29, 1.82) is 0 Å². The van der Waals surface area contributed by atoms with Crippen LogP contribution in [0.2, 0.25) is 0 Å². The van der Waals surface area contributed by atoms with Gasteiger partial charge in [0.25, 0.3) is 5.92 Å². The molecule has 76 valence electrons. The van der Waals surface area contributed by atoms with Crippen LogP contribution in [0.1, 0.15) is 12.8 Å². The zero-order chi connectivity index (χ0) is 10.2. The zero-order valence-corrected chi connectivity index (χ0v) is 8.80. The predicted molar refractivity (Wildman–Crippen MR) is 50.5 cm³/mol. The summed E-state index contributed by atoms with van der Waals surface area (Å²) < 4.78 is 31.0. The molecule has 0 spiro atoms. The number of pyridine rings is 1. The standard InChI is InChI=1S/C9H8BrF2NO/c10-6-1-7(5-13-4-6)14-8-2-9(11,12)3-8/h1,4-5,8H,2-3H2. The molecule has 5 heteroatoms. The van der Waals surface area contributed by atoms with Crippen LogP contribution in [0.5, 0.6) is 5.75 Å². The molecule has 1 aromatic rings. The van der Waals surface area contributed by atoms with Crippen LogP contribution in [0.4, 0.5) is 8.78 Å². The van der Waals surface area contributed by atoms with Crippen molar-refractivity contribution in [3.05, 3.63) is 22.9 Å². The Morgan fingerprint density at radius 3 is 2.71 bits per heavy atom. The topological polar surface area (TPSA) is 22.1 Å². The minimum Gasteiger partial charge on any atom is -0.488 e. The molecule has 0 saturated heterocycles. The molecule has 0 radical (unpaired) electrons. The number of alkyl halides is 2. The Kier molecular flexibility index (Phi) is 2.43. The van der Waals surface area contributed by atoms with Crippen molar-refractivity contribution in [2.75, 3.05) is 0 Å². The fourth-order valence-electron chi connectivity index (χ4n) is 1.34. The van der Waals surface area contributed by atoms with E-state index in [9.17, 15) is 8.78 Å². The third-order valence-corrected chi connectivity index (χ3v) is 2.47. The molecule has 1 saturated carbocycles. The molecule has 14 heavy (non-hydrogen) atoms. The minimum atomic E-state index is -2.54. The van der Waals surface area contributed by atoms with Gasteiger partial charge in [-0.05, 0) is 22.0 Å². The van der Waals surface area contributed by atoms with Gasteiger partial charge in [0, 0.05) is 23.5 Å². The van der Waals surface area contributed by atoms with Gasteiger partial charge in [-0.1, -0.05) is 0 Å². The normalized spacial score (nSPS) is 20.2. The first-order valence-electron chi connectivity index (χ1n) is 4.20. The highest BCUT2D eigenvalue weighted by Crippen LogP contribution is 2.39. The van der Waals surface area contributed by atoms with Crippen LogP contribution in [-0.2, 0) is 0 Å². The van der Waals surface area contributed by atoms with E-state index in [1.807, 2.05) is 0 Å². The van der Waals surface area contributed by atoms with Gasteiger partial charge < -0.3 is 4.74 Å². The number of nitrogens with zero attached hydrogens (tertiary/aromatic N) is 1. The molecule has 0 amide bonds. The molecule has 0 unspecified atom stereocenters. The monoisotopic (exact) mass is 263 g/mol.